The highest BCUT2D eigenvalue weighted by atomic mass is 16.5. The van der Waals surface area contributed by atoms with Crippen molar-refractivity contribution in [3.63, 3.8) is 0 Å². The highest BCUT2D eigenvalue weighted by Gasteiger charge is 2.16. The first-order valence-corrected chi connectivity index (χ1v) is 5.21. The second kappa shape index (κ2) is 6.04. The summed E-state index contributed by atoms with van der Waals surface area (Å²) in [5.74, 6) is 0.387. The van der Waals surface area contributed by atoms with Gasteiger partial charge < -0.3 is 14.6 Å². The molecule has 1 rings (SSSR count). The average Bonchev–Trinajstić information content (AvgIpc) is 2.19. The van der Waals surface area contributed by atoms with E-state index in [-0.39, 0.29) is 6.10 Å². The molecule has 1 N–H and O–H groups in total. The molecule has 0 radical (unpaired) electrons. The van der Waals surface area contributed by atoms with Crippen molar-refractivity contribution in [1.82, 2.24) is 0 Å². The highest BCUT2D eigenvalue weighted by molar-refractivity contribution is 5.06. The first-order chi connectivity index (χ1) is 6.74. The van der Waals surface area contributed by atoms with Gasteiger partial charge in [-0.15, -0.1) is 0 Å². The van der Waals surface area contributed by atoms with Crippen LogP contribution in [-0.2, 0) is 9.47 Å². The van der Waals surface area contributed by atoms with Crippen LogP contribution in [0.15, 0.2) is 11.8 Å². The van der Waals surface area contributed by atoms with Crippen molar-refractivity contribution in [3.8, 4) is 0 Å². The number of aliphatic hydroxyl groups excluding tert-OH is 1. The Kier molecular flexibility index (Phi) is 4.98. The summed E-state index contributed by atoms with van der Waals surface area (Å²) in [7, 11) is 1.69. The Bertz CT molecular complexity index is 189. The average molecular weight is 200 g/mol. The molecule has 0 saturated heterocycles. The second-order valence-electron chi connectivity index (χ2n) is 3.98. The quantitative estimate of drug-likeness (QED) is 0.734. The molecule has 2 atom stereocenters. The van der Waals surface area contributed by atoms with Gasteiger partial charge in [0, 0.05) is 13.7 Å². The molecule has 0 saturated carbocycles. The summed E-state index contributed by atoms with van der Waals surface area (Å²) in [6.07, 6.45) is 4.08. The SMILES string of the molecule is COCC(C)CC(O)C1=COCCC1. The lowest BCUT2D eigenvalue weighted by Gasteiger charge is -2.21. The van der Waals surface area contributed by atoms with Crippen molar-refractivity contribution in [2.24, 2.45) is 5.92 Å². The minimum atomic E-state index is -0.361. The largest absolute Gasteiger partial charge is 0.501 e. The number of hydrogen-bond donors (Lipinski definition) is 1. The van der Waals surface area contributed by atoms with E-state index in [4.69, 9.17) is 9.47 Å². The fourth-order valence-electron chi connectivity index (χ4n) is 1.71. The first kappa shape index (κ1) is 11.5. The van der Waals surface area contributed by atoms with Gasteiger partial charge in [0.05, 0.1) is 19.0 Å². The van der Waals surface area contributed by atoms with Crippen LogP contribution < -0.4 is 0 Å². The van der Waals surface area contributed by atoms with Gasteiger partial charge in [-0.05, 0) is 30.8 Å². The molecule has 1 heterocycles. The predicted octanol–water partition coefficient (Wildman–Crippen LogP) is 1.71. The topological polar surface area (TPSA) is 38.7 Å². The summed E-state index contributed by atoms with van der Waals surface area (Å²) in [5, 5.41) is 9.87. The van der Waals surface area contributed by atoms with E-state index in [1.165, 1.54) is 0 Å². The van der Waals surface area contributed by atoms with Crippen LogP contribution in [0.4, 0.5) is 0 Å². The zero-order valence-corrected chi connectivity index (χ0v) is 9.03. The molecule has 0 aromatic rings. The van der Waals surface area contributed by atoms with Gasteiger partial charge in [-0.3, -0.25) is 0 Å². The first-order valence-electron chi connectivity index (χ1n) is 5.21. The lowest BCUT2D eigenvalue weighted by molar-refractivity contribution is 0.109. The molecule has 0 fully saturated rings. The van der Waals surface area contributed by atoms with E-state index >= 15 is 0 Å². The lowest BCUT2D eigenvalue weighted by Crippen LogP contribution is -2.19. The van der Waals surface area contributed by atoms with Crippen molar-refractivity contribution >= 4 is 0 Å². The van der Waals surface area contributed by atoms with Crippen LogP contribution >= 0.6 is 0 Å². The molecular formula is C11H20O3. The van der Waals surface area contributed by atoms with Gasteiger partial charge in [-0.1, -0.05) is 6.92 Å². The maximum absolute atomic E-state index is 9.87. The number of hydrogen-bond acceptors (Lipinski definition) is 3. The summed E-state index contributed by atoms with van der Waals surface area (Å²) in [4.78, 5) is 0. The third-order valence-corrected chi connectivity index (χ3v) is 2.47. The molecule has 82 valence electrons. The molecule has 1 aliphatic rings. The van der Waals surface area contributed by atoms with Crippen LogP contribution in [0.1, 0.15) is 26.2 Å². The van der Waals surface area contributed by atoms with Gasteiger partial charge in [0.1, 0.15) is 0 Å². The Morgan fingerprint density at radius 2 is 2.43 bits per heavy atom. The van der Waals surface area contributed by atoms with E-state index in [0.717, 1.165) is 31.4 Å². The van der Waals surface area contributed by atoms with E-state index < -0.39 is 0 Å². The Hall–Kier alpha value is -0.540. The molecule has 0 aliphatic carbocycles. The highest BCUT2D eigenvalue weighted by Crippen LogP contribution is 2.20. The van der Waals surface area contributed by atoms with Crippen molar-refractivity contribution in [2.75, 3.05) is 20.3 Å². The van der Waals surface area contributed by atoms with E-state index in [1.54, 1.807) is 13.4 Å². The summed E-state index contributed by atoms with van der Waals surface area (Å²) in [5.41, 5.74) is 1.03. The zero-order chi connectivity index (χ0) is 10.4. The van der Waals surface area contributed by atoms with Crippen molar-refractivity contribution in [1.29, 1.82) is 0 Å². The predicted molar refractivity (Wildman–Crippen MR) is 54.9 cm³/mol. The van der Waals surface area contributed by atoms with Gasteiger partial charge in [0.25, 0.3) is 0 Å². The Morgan fingerprint density at radius 3 is 3.00 bits per heavy atom. The van der Waals surface area contributed by atoms with Crippen LogP contribution in [0.25, 0.3) is 0 Å². The molecule has 3 heteroatoms. The molecule has 0 amide bonds. The summed E-state index contributed by atoms with van der Waals surface area (Å²) >= 11 is 0. The minimum Gasteiger partial charge on any atom is -0.501 e. The maximum atomic E-state index is 9.87. The molecule has 0 aromatic carbocycles. The third-order valence-electron chi connectivity index (χ3n) is 2.47. The number of aliphatic hydroxyl groups is 1. The smallest absolute Gasteiger partial charge is 0.0876 e. The van der Waals surface area contributed by atoms with Gasteiger partial charge in [0.15, 0.2) is 0 Å². The molecule has 2 unspecified atom stereocenters. The minimum absolute atomic E-state index is 0.361. The van der Waals surface area contributed by atoms with Gasteiger partial charge in [-0.25, -0.2) is 0 Å². The normalized spacial score (nSPS) is 20.9. The lowest BCUT2D eigenvalue weighted by atomic mass is 9.96. The second-order valence-corrected chi connectivity index (χ2v) is 3.98. The van der Waals surface area contributed by atoms with Crippen molar-refractivity contribution < 1.29 is 14.6 Å². The van der Waals surface area contributed by atoms with Crippen molar-refractivity contribution in [2.45, 2.75) is 32.3 Å². The molecule has 0 bridgehead atoms. The maximum Gasteiger partial charge on any atom is 0.0876 e. The Morgan fingerprint density at radius 1 is 1.64 bits per heavy atom. The fourth-order valence-corrected chi connectivity index (χ4v) is 1.71. The standard InChI is InChI=1S/C11H20O3/c1-9(7-13-2)6-11(12)10-4-3-5-14-8-10/h8-9,11-12H,3-7H2,1-2H3. The molecular weight excluding hydrogens is 180 g/mol. The van der Waals surface area contributed by atoms with Crippen LogP contribution in [0.2, 0.25) is 0 Å². The van der Waals surface area contributed by atoms with E-state index in [9.17, 15) is 5.11 Å². The van der Waals surface area contributed by atoms with Crippen LogP contribution in [0, 0.1) is 5.92 Å². The van der Waals surface area contributed by atoms with Crippen LogP contribution in [-0.4, -0.2) is 31.5 Å². The van der Waals surface area contributed by atoms with Gasteiger partial charge in [-0.2, -0.15) is 0 Å². The van der Waals surface area contributed by atoms with E-state index in [2.05, 4.69) is 6.92 Å². The number of ether oxygens (including phenoxy) is 2. The Labute approximate surface area is 85.7 Å². The zero-order valence-electron chi connectivity index (χ0n) is 9.03. The molecule has 1 aliphatic heterocycles. The third kappa shape index (κ3) is 3.68. The van der Waals surface area contributed by atoms with Crippen LogP contribution in [0.5, 0.6) is 0 Å². The van der Waals surface area contributed by atoms with E-state index in [1.807, 2.05) is 0 Å². The monoisotopic (exact) mass is 200 g/mol. The summed E-state index contributed by atoms with van der Waals surface area (Å²) in [6, 6.07) is 0. The molecule has 3 nitrogen and oxygen atoms in total. The Balaban J connectivity index is 2.32. The fraction of sp³-hybridized carbons (Fsp3) is 0.818. The van der Waals surface area contributed by atoms with Gasteiger partial charge in [0.2, 0.25) is 0 Å². The summed E-state index contributed by atoms with van der Waals surface area (Å²) < 4.78 is 10.2. The molecule has 0 spiro atoms. The van der Waals surface area contributed by atoms with E-state index in [0.29, 0.717) is 12.5 Å². The molecule has 0 aromatic heterocycles. The van der Waals surface area contributed by atoms with Gasteiger partial charge >= 0.3 is 0 Å². The summed E-state index contributed by atoms with van der Waals surface area (Å²) in [6.45, 7) is 3.56. The molecule has 14 heavy (non-hydrogen) atoms. The van der Waals surface area contributed by atoms with Crippen LogP contribution in [0.3, 0.4) is 0 Å². The number of methoxy groups -OCH3 is 1. The van der Waals surface area contributed by atoms with Crippen molar-refractivity contribution in [3.05, 3.63) is 11.8 Å². The number of rotatable bonds is 5.